The molecule has 0 unspecified atom stereocenters. The fourth-order valence-electron chi connectivity index (χ4n) is 2.63. The summed E-state index contributed by atoms with van der Waals surface area (Å²) in [6.45, 7) is 0.209. The van der Waals surface area contributed by atoms with Crippen LogP contribution in [0.4, 0.5) is 0 Å². The first-order chi connectivity index (χ1) is 11.3. The second-order valence-electron chi connectivity index (χ2n) is 5.59. The lowest BCUT2D eigenvalue weighted by atomic mass is 10.2. The van der Waals surface area contributed by atoms with Crippen molar-refractivity contribution >= 4 is 21.9 Å². The van der Waals surface area contributed by atoms with Crippen LogP contribution in [-0.2, 0) is 14.8 Å². The number of hydrogen-bond donors (Lipinski definition) is 2. The van der Waals surface area contributed by atoms with Crippen LogP contribution in [0.3, 0.4) is 0 Å². The monoisotopic (exact) mass is 356 g/mol. The molecule has 0 aromatic heterocycles. The molecule has 1 aliphatic rings. The molecule has 1 aromatic carbocycles. The number of carboxylic acid groups (broad SMARTS) is 1. The highest BCUT2D eigenvalue weighted by atomic mass is 32.2. The van der Waals surface area contributed by atoms with E-state index in [2.05, 4.69) is 5.32 Å². The van der Waals surface area contributed by atoms with E-state index < -0.39 is 22.6 Å². The number of benzene rings is 1. The summed E-state index contributed by atoms with van der Waals surface area (Å²) < 4.78 is 29.8. The van der Waals surface area contributed by atoms with E-state index >= 15 is 0 Å². The molecule has 2 rings (SSSR count). The molecule has 1 fully saturated rings. The van der Waals surface area contributed by atoms with Crippen LogP contribution in [0.2, 0.25) is 0 Å². The van der Waals surface area contributed by atoms with Crippen LogP contribution < -0.4 is 10.1 Å². The molecular weight excluding hydrogens is 336 g/mol. The summed E-state index contributed by atoms with van der Waals surface area (Å²) in [5.74, 6) is -1.19. The van der Waals surface area contributed by atoms with Gasteiger partial charge in [0.15, 0.2) is 6.61 Å². The molecule has 1 heterocycles. The first-order valence-electron chi connectivity index (χ1n) is 7.47. The minimum Gasteiger partial charge on any atom is -0.482 e. The van der Waals surface area contributed by atoms with Gasteiger partial charge in [-0.2, -0.15) is 4.31 Å². The van der Waals surface area contributed by atoms with Gasteiger partial charge in [-0.1, -0.05) is 6.07 Å². The molecule has 24 heavy (non-hydrogen) atoms. The molecule has 2 N–H and O–H groups in total. The summed E-state index contributed by atoms with van der Waals surface area (Å²) in [7, 11) is -3.28. The molecule has 1 amide bonds. The average Bonchev–Trinajstić information content (AvgIpc) is 2.99. The van der Waals surface area contributed by atoms with Gasteiger partial charge in [-0.3, -0.25) is 4.79 Å². The van der Waals surface area contributed by atoms with Crippen LogP contribution in [0.5, 0.6) is 5.75 Å². The molecule has 0 radical (unpaired) electrons. The number of sulfonamides is 1. The Balaban J connectivity index is 1.95. The molecule has 0 aliphatic carbocycles. The largest absolute Gasteiger partial charge is 0.482 e. The van der Waals surface area contributed by atoms with E-state index in [4.69, 9.17) is 9.84 Å². The quantitative estimate of drug-likeness (QED) is 0.727. The van der Waals surface area contributed by atoms with E-state index in [1.54, 1.807) is 18.2 Å². The maximum absolute atomic E-state index is 12.2. The Hall–Kier alpha value is -2.13. The molecule has 1 atom stereocenters. The summed E-state index contributed by atoms with van der Waals surface area (Å²) in [6, 6.07) is 5.93. The predicted octanol–water partition coefficient (Wildman–Crippen LogP) is 0.304. The first-order valence-corrected chi connectivity index (χ1v) is 9.32. The number of rotatable bonds is 7. The highest BCUT2D eigenvalue weighted by molar-refractivity contribution is 7.88. The summed E-state index contributed by atoms with van der Waals surface area (Å²) in [6.07, 6.45) is 2.64. The Bertz CT molecular complexity index is 718. The summed E-state index contributed by atoms with van der Waals surface area (Å²) in [5.41, 5.74) is 0.321. The van der Waals surface area contributed by atoms with Gasteiger partial charge < -0.3 is 15.2 Å². The maximum atomic E-state index is 12.2. The topological polar surface area (TPSA) is 113 Å². The minimum atomic E-state index is -3.28. The number of nitrogens with zero attached hydrogens (tertiary/aromatic N) is 1. The standard InChI is InChI=1S/C15H20N2O6S/c1-24(21,22)17-7-3-5-12(17)9-16-15(20)11-4-2-6-13(8-11)23-10-14(18)19/h2,4,6,8,12H,3,5,7,9-10H2,1H3,(H,16,20)(H,18,19)/t12-/m1/s1. The lowest BCUT2D eigenvalue weighted by Crippen LogP contribution is -2.42. The van der Waals surface area contributed by atoms with Crippen LogP contribution >= 0.6 is 0 Å². The van der Waals surface area contributed by atoms with Crippen LogP contribution in [-0.4, -0.2) is 61.7 Å². The molecular formula is C15H20N2O6S. The minimum absolute atomic E-state index is 0.228. The third-order valence-corrected chi connectivity index (χ3v) is 5.04. The van der Waals surface area contributed by atoms with Gasteiger partial charge in [0.05, 0.1) is 6.26 Å². The zero-order chi connectivity index (χ0) is 17.7. The fraction of sp³-hybridized carbons (Fsp3) is 0.467. The first kappa shape index (κ1) is 18.2. The summed E-state index contributed by atoms with van der Waals surface area (Å²) in [5, 5.41) is 11.3. The van der Waals surface area contributed by atoms with Crippen molar-refractivity contribution in [2.24, 2.45) is 0 Å². The molecule has 0 spiro atoms. The Kier molecular flexibility index (Phi) is 5.79. The summed E-state index contributed by atoms with van der Waals surface area (Å²) in [4.78, 5) is 22.7. The summed E-state index contributed by atoms with van der Waals surface area (Å²) >= 11 is 0. The van der Waals surface area contributed by atoms with Gasteiger partial charge in [0.2, 0.25) is 10.0 Å². The Labute approximate surface area is 140 Å². The highest BCUT2D eigenvalue weighted by Crippen LogP contribution is 2.20. The number of carbonyl (C=O) groups is 2. The number of hydrogen-bond acceptors (Lipinski definition) is 5. The highest BCUT2D eigenvalue weighted by Gasteiger charge is 2.31. The van der Waals surface area contributed by atoms with Crippen molar-refractivity contribution in [3.05, 3.63) is 29.8 Å². The van der Waals surface area contributed by atoms with Gasteiger partial charge in [-0.25, -0.2) is 13.2 Å². The van der Waals surface area contributed by atoms with Gasteiger partial charge >= 0.3 is 5.97 Å². The van der Waals surface area contributed by atoms with Crippen molar-refractivity contribution in [2.75, 3.05) is 26.0 Å². The van der Waals surface area contributed by atoms with Gasteiger partial charge in [0, 0.05) is 24.7 Å². The van der Waals surface area contributed by atoms with Crippen LogP contribution in [0.25, 0.3) is 0 Å². The van der Waals surface area contributed by atoms with E-state index in [-0.39, 0.29) is 24.2 Å². The van der Waals surface area contributed by atoms with Crippen molar-refractivity contribution < 1.29 is 27.9 Å². The van der Waals surface area contributed by atoms with E-state index in [9.17, 15) is 18.0 Å². The fourth-order valence-corrected chi connectivity index (χ4v) is 3.82. The Morgan fingerprint density at radius 3 is 2.83 bits per heavy atom. The number of amides is 1. The molecule has 1 aromatic rings. The SMILES string of the molecule is CS(=O)(=O)N1CCC[C@@H]1CNC(=O)c1cccc(OCC(=O)O)c1. The molecule has 1 saturated heterocycles. The normalized spacial score (nSPS) is 18.3. The van der Waals surface area contributed by atoms with E-state index in [1.165, 1.54) is 10.4 Å². The second kappa shape index (κ2) is 7.63. The molecule has 0 saturated carbocycles. The van der Waals surface area contributed by atoms with Crippen molar-refractivity contribution in [3.8, 4) is 5.75 Å². The number of nitrogens with one attached hydrogen (secondary N) is 1. The van der Waals surface area contributed by atoms with Gasteiger partial charge in [-0.05, 0) is 31.0 Å². The maximum Gasteiger partial charge on any atom is 0.341 e. The molecule has 9 heteroatoms. The van der Waals surface area contributed by atoms with Crippen LogP contribution in [0.1, 0.15) is 23.2 Å². The zero-order valence-electron chi connectivity index (χ0n) is 13.3. The molecule has 0 bridgehead atoms. The van der Waals surface area contributed by atoms with Crippen molar-refractivity contribution in [3.63, 3.8) is 0 Å². The van der Waals surface area contributed by atoms with Crippen molar-refractivity contribution in [2.45, 2.75) is 18.9 Å². The van der Waals surface area contributed by atoms with Gasteiger partial charge in [-0.15, -0.1) is 0 Å². The third kappa shape index (κ3) is 4.93. The van der Waals surface area contributed by atoms with Gasteiger partial charge in [0.25, 0.3) is 5.91 Å². The van der Waals surface area contributed by atoms with Crippen molar-refractivity contribution in [1.29, 1.82) is 0 Å². The second-order valence-corrected chi connectivity index (χ2v) is 7.53. The Morgan fingerprint density at radius 1 is 1.42 bits per heavy atom. The number of carboxylic acids is 1. The third-order valence-electron chi connectivity index (χ3n) is 3.71. The molecule has 132 valence electrons. The smallest absolute Gasteiger partial charge is 0.341 e. The van der Waals surface area contributed by atoms with Gasteiger partial charge in [0.1, 0.15) is 5.75 Å². The van der Waals surface area contributed by atoms with Crippen LogP contribution in [0.15, 0.2) is 24.3 Å². The van der Waals surface area contributed by atoms with E-state index in [0.29, 0.717) is 18.5 Å². The average molecular weight is 356 g/mol. The van der Waals surface area contributed by atoms with E-state index in [1.807, 2.05) is 0 Å². The molecule has 1 aliphatic heterocycles. The number of ether oxygens (including phenoxy) is 1. The van der Waals surface area contributed by atoms with Crippen molar-refractivity contribution in [1.82, 2.24) is 9.62 Å². The van der Waals surface area contributed by atoms with E-state index in [0.717, 1.165) is 12.7 Å². The zero-order valence-corrected chi connectivity index (χ0v) is 14.1. The lowest BCUT2D eigenvalue weighted by molar-refractivity contribution is -0.139. The lowest BCUT2D eigenvalue weighted by Gasteiger charge is -2.22. The van der Waals surface area contributed by atoms with Crippen LogP contribution in [0, 0.1) is 0 Å². The number of carbonyl (C=O) groups excluding carboxylic acids is 1. The number of aliphatic carboxylic acids is 1. The predicted molar refractivity (Wildman–Crippen MR) is 86.5 cm³/mol. The Morgan fingerprint density at radius 2 is 2.17 bits per heavy atom. The molecule has 8 nitrogen and oxygen atoms in total.